The summed E-state index contributed by atoms with van der Waals surface area (Å²) in [4.78, 5) is 14.8. The van der Waals surface area contributed by atoms with Crippen LogP contribution in [0.2, 0.25) is 0 Å². The molecule has 0 aromatic carbocycles. The first-order valence-electron chi connectivity index (χ1n) is 4.05. The Kier molecular flexibility index (Phi) is 3.46. The van der Waals surface area contributed by atoms with Gasteiger partial charge in [0, 0.05) is 18.3 Å². The molecule has 0 saturated carbocycles. The fraction of sp³-hybridized carbons (Fsp3) is 0.333. The van der Waals surface area contributed by atoms with E-state index < -0.39 is 0 Å². The zero-order valence-electron chi connectivity index (χ0n) is 8.00. The fourth-order valence-corrected chi connectivity index (χ4v) is 1.33. The molecule has 1 rings (SSSR count). The normalized spacial score (nSPS) is 9.93. The van der Waals surface area contributed by atoms with Crippen molar-refractivity contribution in [2.45, 2.75) is 20.5 Å². The second kappa shape index (κ2) is 4.41. The molecule has 5 heteroatoms. The Balaban J connectivity index is 2.90. The number of carbonyl (C=O) groups excluding carboxylic acids is 1. The second-order valence-electron chi connectivity index (χ2n) is 2.89. The van der Waals surface area contributed by atoms with E-state index >= 15 is 0 Å². The van der Waals surface area contributed by atoms with E-state index in [-0.39, 0.29) is 12.6 Å². The van der Waals surface area contributed by atoms with E-state index in [1.807, 2.05) is 6.92 Å². The third-order valence-electron chi connectivity index (χ3n) is 1.59. The van der Waals surface area contributed by atoms with Crippen LogP contribution in [0.15, 0.2) is 10.5 Å². The van der Waals surface area contributed by atoms with Gasteiger partial charge in [-0.25, -0.2) is 0 Å². The number of esters is 1. The van der Waals surface area contributed by atoms with Crippen LogP contribution in [-0.4, -0.2) is 11.0 Å². The van der Waals surface area contributed by atoms with Gasteiger partial charge in [0.1, 0.15) is 6.61 Å². The molecule has 0 amide bonds. The first-order valence-corrected chi connectivity index (χ1v) is 4.85. The highest BCUT2D eigenvalue weighted by Crippen LogP contribution is 2.23. The zero-order chi connectivity index (χ0) is 10.7. The molecule has 0 radical (unpaired) electrons. The van der Waals surface area contributed by atoms with Gasteiger partial charge in [-0.3, -0.25) is 9.78 Å². The van der Waals surface area contributed by atoms with Crippen molar-refractivity contribution in [2.75, 3.05) is 5.73 Å². The summed E-state index contributed by atoms with van der Waals surface area (Å²) < 4.78 is 5.52. The maximum atomic E-state index is 10.6. The van der Waals surface area contributed by atoms with Crippen molar-refractivity contribution in [1.29, 1.82) is 0 Å². The van der Waals surface area contributed by atoms with E-state index in [1.54, 1.807) is 6.07 Å². The zero-order valence-corrected chi connectivity index (χ0v) is 9.59. The van der Waals surface area contributed by atoms with Crippen LogP contribution in [0, 0.1) is 6.92 Å². The topological polar surface area (TPSA) is 65.2 Å². The number of pyridine rings is 1. The van der Waals surface area contributed by atoms with Crippen LogP contribution in [0.4, 0.5) is 5.69 Å². The quantitative estimate of drug-likeness (QED) is 0.822. The standard InChI is InChI=1S/C9H11BrN2O2/c1-5-3-7(11)9(10)8(12-5)4-14-6(2)13/h3H,4H2,1-2H3,(H2,11,12). The number of carbonyl (C=O) groups is 1. The van der Waals surface area contributed by atoms with Crippen LogP contribution in [0.3, 0.4) is 0 Å². The molecular weight excluding hydrogens is 248 g/mol. The van der Waals surface area contributed by atoms with Gasteiger partial charge < -0.3 is 10.5 Å². The summed E-state index contributed by atoms with van der Waals surface area (Å²) in [5.41, 5.74) is 7.73. The van der Waals surface area contributed by atoms with Gasteiger partial charge in [0.15, 0.2) is 0 Å². The van der Waals surface area contributed by atoms with Crippen molar-refractivity contribution in [1.82, 2.24) is 4.98 Å². The molecule has 1 aromatic rings. The van der Waals surface area contributed by atoms with E-state index in [4.69, 9.17) is 10.5 Å². The number of aromatic nitrogens is 1. The average molecular weight is 259 g/mol. The van der Waals surface area contributed by atoms with Crippen LogP contribution in [0.5, 0.6) is 0 Å². The molecule has 1 heterocycles. The van der Waals surface area contributed by atoms with Crippen molar-refractivity contribution in [3.05, 3.63) is 21.9 Å². The van der Waals surface area contributed by atoms with Gasteiger partial charge in [0.25, 0.3) is 0 Å². The Hall–Kier alpha value is -1.10. The minimum Gasteiger partial charge on any atom is -0.459 e. The average Bonchev–Trinajstić information content (AvgIpc) is 2.08. The Morgan fingerprint density at radius 3 is 2.93 bits per heavy atom. The Morgan fingerprint density at radius 1 is 1.71 bits per heavy atom. The number of anilines is 1. The van der Waals surface area contributed by atoms with Crippen LogP contribution in [-0.2, 0) is 16.1 Å². The van der Waals surface area contributed by atoms with Crippen molar-refractivity contribution in [3.8, 4) is 0 Å². The van der Waals surface area contributed by atoms with E-state index in [9.17, 15) is 4.79 Å². The highest BCUT2D eigenvalue weighted by molar-refractivity contribution is 9.10. The first kappa shape index (κ1) is 11.0. The molecule has 76 valence electrons. The van der Waals surface area contributed by atoms with Gasteiger partial charge in [-0.2, -0.15) is 0 Å². The highest BCUT2D eigenvalue weighted by Gasteiger charge is 2.07. The molecule has 0 fully saturated rings. The summed E-state index contributed by atoms with van der Waals surface area (Å²) in [5, 5.41) is 0. The molecule has 4 nitrogen and oxygen atoms in total. The maximum absolute atomic E-state index is 10.6. The first-order chi connectivity index (χ1) is 6.50. The van der Waals surface area contributed by atoms with Crippen molar-refractivity contribution in [2.24, 2.45) is 0 Å². The van der Waals surface area contributed by atoms with E-state index in [0.29, 0.717) is 15.9 Å². The van der Waals surface area contributed by atoms with Crippen molar-refractivity contribution >= 4 is 27.6 Å². The summed E-state index contributed by atoms with van der Waals surface area (Å²) in [6, 6.07) is 1.75. The molecule has 14 heavy (non-hydrogen) atoms. The molecular formula is C9H11BrN2O2. The Bertz CT molecular complexity index is 366. The molecule has 0 aliphatic rings. The van der Waals surface area contributed by atoms with E-state index in [0.717, 1.165) is 5.69 Å². The maximum Gasteiger partial charge on any atom is 0.303 e. The van der Waals surface area contributed by atoms with Crippen LogP contribution >= 0.6 is 15.9 Å². The predicted octanol–water partition coefficient (Wildman–Crippen LogP) is 1.80. The van der Waals surface area contributed by atoms with E-state index in [1.165, 1.54) is 6.92 Å². The minimum atomic E-state index is -0.334. The lowest BCUT2D eigenvalue weighted by molar-refractivity contribution is -0.142. The van der Waals surface area contributed by atoms with Gasteiger partial charge in [-0.1, -0.05) is 0 Å². The highest BCUT2D eigenvalue weighted by atomic mass is 79.9. The van der Waals surface area contributed by atoms with Crippen molar-refractivity contribution in [3.63, 3.8) is 0 Å². The van der Waals surface area contributed by atoms with Crippen molar-refractivity contribution < 1.29 is 9.53 Å². The SMILES string of the molecule is CC(=O)OCc1nc(C)cc(N)c1Br. The lowest BCUT2D eigenvalue weighted by Crippen LogP contribution is -2.04. The molecule has 0 unspecified atom stereocenters. The lowest BCUT2D eigenvalue weighted by atomic mass is 10.3. The van der Waals surface area contributed by atoms with E-state index in [2.05, 4.69) is 20.9 Å². The smallest absolute Gasteiger partial charge is 0.303 e. The lowest BCUT2D eigenvalue weighted by Gasteiger charge is -2.07. The monoisotopic (exact) mass is 258 g/mol. The Morgan fingerprint density at radius 2 is 2.36 bits per heavy atom. The molecule has 0 spiro atoms. The van der Waals surface area contributed by atoms with Crippen LogP contribution in [0.25, 0.3) is 0 Å². The number of halogens is 1. The molecule has 0 aliphatic carbocycles. The third kappa shape index (κ3) is 2.70. The molecule has 2 N–H and O–H groups in total. The molecule has 0 aliphatic heterocycles. The number of hydrogen-bond donors (Lipinski definition) is 1. The number of nitrogen functional groups attached to an aromatic ring is 1. The fourth-order valence-electron chi connectivity index (χ4n) is 1.01. The Labute approximate surface area is 90.6 Å². The summed E-state index contributed by atoms with van der Waals surface area (Å²) in [6.45, 7) is 3.33. The number of hydrogen-bond acceptors (Lipinski definition) is 4. The molecule has 0 bridgehead atoms. The van der Waals surface area contributed by atoms with Gasteiger partial charge >= 0.3 is 5.97 Å². The summed E-state index contributed by atoms with van der Waals surface area (Å²) in [5.74, 6) is -0.334. The second-order valence-corrected chi connectivity index (χ2v) is 3.69. The van der Waals surface area contributed by atoms with Gasteiger partial charge in [0.2, 0.25) is 0 Å². The number of rotatable bonds is 2. The van der Waals surface area contributed by atoms with Gasteiger partial charge in [-0.15, -0.1) is 0 Å². The number of ether oxygens (including phenoxy) is 1. The summed E-state index contributed by atoms with van der Waals surface area (Å²) in [6.07, 6.45) is 0. The molecule has 0 atom stereocenters. The van der Waals surface area contributed by atoms with Crippen LogP contribution < -0.4 is 5.73 Å². The predicted molar refractivity (Wildman–Crippen MR) is 56.6 cm³/mol. The largest absolute Gasteiger partial charge is 0.459 e. The minimum absolute atomic E-state index is 0.141. The number of aryl methyl sites for hydroxylation is 1. The van der Waals surface area contributed by atoms with Gasteiger partial charge in [0.05, 0.1) is 10.2 Å². The summed E-state index contributed by atoms with van der Waals surface area (Å²) >= 11 is 3.29. The molecule has 0 saturated heterocycles. The number of nitrogens with zero attached hydrogens (tertiary/aromatic N) is 1. The third-order valence-corrected chi connectivity index (χ3v) is 2.51. The summed E-state index contributed by atoms with van der Waals surface area (Å²) in [7, 11) is 0. The van der Waals surface area contributed by atoms with Gasteiger partial charge in [-0.05, 0) is 28.9 Å². The number of nitrogens with two attached hydrogens (primary N) is 1. The molecule has 1 aromatic heterocycles. The van der Waals surface area contributed by atoms with Crippen LogP contribution in [0.1, 0.15) is 18.3 Å².